The Balaban J connectivity index is 0.000000775. The van der Waals surface area contributed by atoms with Crippen molar-refractivity contribution in [2.24, 2.45) is 0 Å². The van der Waals surface area contributed by atoms with Gasteiger partial charge in [0.15, 0.2) is 0 Å². The van der Waals surface area contributed by atoms with E-state index in [1.807, 2.05) is 25.6 Å². The lowest BCUT2D eigenvalue weighted by molar-refractivity contribution is 1.06. The normalized spacial score (nSPS) is 10.3. The van der Waals surface area contributed by atoms with Gasteiger partial charge in [-0.25, -0.2) is 0 Å². The summed E-state index contributed by atoms with van der Waals surface area (Å²) in [5, 5.41) is 8.74. The van der Waals surface area contributed by atoms with Gasteiger partial charge in [0.25, 0.3) is 0 Å². The molecule has 0 atom stereocenters. The quantitative estimate of drug-likeness (QED) is 0.624. The highest BCUT2D eigenvalue weighted by atomic mass is 32.2. The largest absolute Gasteiger partial charge is 0.282 e. The first-order chi connectivity index (χ1) is 10.2. The van der Waals surface area contributed by atoms with E-state index in [4.69, 9.17) is 0 Å². The molecule has 21 heavy (non-hydrogen) atoms. The van der Waals surface area contributed by atoms with E-state index in [0.717, 1.165) is 17.0 Å². The van der Waals surface area contributed by atoms with Crippen LogP contribution in [-0.2, 0) is 5.75 Å². The van der Waals surface area contributed by atoms with Crippen molar-refractivity contribution in [3.05, 3.63) is 59.3 Å². The minimum atomic E-state index is 0. The summed E-state index contributed by atoms with van der Waals surface area (Å²) in [5.74, 6) is 0.977. The first-order valence-corrected chi connectivity index (χ1v) is 8.34. The molecule has 0 amide bonds. The van der Waals surface area contributed by atoms with Crippen LogP contribution in [0.5, 0.6) is 0 Å². The van der Waals surface area contributed by atoms with Crippen LogP contribution in [0.3, 0.4) is 0 Å². The smallest absolute Gasteiger partial charge is 0.106 e. The minimum absolute atomic E-state index is 0. The zero-order valence-electron chi connectivity index (χ0n) is 13.1. The van der Waals surface area contributed by atoms with Crippen LogP contribution < -0.4 is 0 Å². The van der Waals surface area contributed by atoms with E-state index >= 15 is 0 Å². The molecule has 0 radical (unpaired) electrons. The van der Waals surface area contributed by atoms with Gasteiger partial charge in [0.2, 0.25) is 0 Å². The summed E-state index contributed by atoms with van der Waals surface area (Å²) in [6, 6.07) is 15.0. The molecule has 0 saturated heterocycles. The lowest BCUT2D eigenvalue weighted by atomic mass is 10.1. The second kappa shape index (κ2) is 7.32. The molecule has 3 heteroatoms. The highest BCUT2D eigenvalue weighted by Gasteiger charge is 2.08. The monoisotopic (exact) mass is 300 g/mol. The van der Waals surface area contributed by atoms with E-state index in [9.17, 15) is 0 Å². The molecule has 0 bridgehead atoms. The Kier molecular flexibility index (Phi) is 5.45. The average molecular weight is 300 g/mol. The molecule has 1 aromatic heterocycles. The van der Waals surface area contributed by atoms with E-state index in [2.05, 4.69) is 66.5 Å². The maximum Gasteiger partial charge on any atom is 0.106 e. The predicted octanol–water partition coefficient (Wildman–Crippen LogP) is 5.74. The van der Waals surface area contributed by atoms with Crippen molar-refractivity contribution in [1.82, 2.24) is 10.2 Å². The molecule has 0 aliphatic carbocycles. The van der Waals surface area contributed by atoms with Crippen molar-refractivity contribution in [3.8, 4) is 0 Å². The Morgan fingerprint density at radius 2 is 1.81 bits per heavy atom. The number of aryl methyl sites for hydroxylation is 2. The highest BCUT2D eigenvalue weighted by molar-refractivity contribution is 7.98. The predicted molar refractivity (Wildman–Crippen MR) is 95.0 cm³/mol. The van der Waals surface area contributed by atoms with E-state index in [1.54, 1.807) is 0 Å². The van der Waals surface area contributed by atoms with Gasteiger partial charge < -0.3 is 0 Å². The molecule has 0 unspecified atom stereocenters. The maximum atomic E-state index is 4.43. The zero-order chi connectivity index (χ0) is 15.2. The fraction of sp³-hybridized carbons (Fsp3) is 0.278. The number of thioether (sulfide) groups is 1. The van der Waals surface area contributed by atoms with E-state index in [1.165, 1.54) is 21.4 Å². The standard InChI is InChI=1S/C16H16N2S.C2H6.H2/c1-11-8-14-12(2)17-18-16(14)15(9-11)19-10-13-6-4-3-5-7-13;1-2;/h3-9H,10H2,1-2H3,(H,17,18);1-2H3;1H. The summed E-state index contributed by atoms with van der Waals surface area (Å²) in [6.45, 7) is 8.21. The molecule has 0 saturated carbocycles. The van der Waals surface area contributed by atoms with Crippen molar-refractivity contribution >= 4 is 22.7 Å². The number of fused-ring (bicyclic) bond motifs is 1. The third kappa shape index (κ3) is 3.67. The topological polar surface area (TPSA) is 28.7 Å². The van der Waals surface area contributed by atoms with Gasteiger partial charge in [-0.2, -0.15) is 5.10 Å². The Hall–Kier alpha value is -1.74. The van der Waals surface area contributed by atoms with Crippen molar-refractivity contribution in [2.45, 2.75) is 38.3 Å². The number of H-pyrrole nitrogens is 1. The average Bonchev–Trinajstić information content (AvgIpc) is 2.89. The number of nitrogens with zero attached hydrogens (tertiary/aromatic N) is 1. The van der Waals surface area contributed by atoms with Gasteiger partial charge in [0.1, 0.15) is 5.52 Å². The van der Waals surface area contributed by atoms with Crippen LogP contribution in [0.1, 0.15) is 32.1 Å². The number of rotatable bonds is 3. The van der Waals surface area contributed by atoms with Gasteiger partial charge in [0.05, 0.1) is 0 Å². The SMILES string of the molecule is CC.Cc1cc(SCc2ccccc2)c2n[nH]c(C)c2c1.[HH]. The van der Waals surface area contributed by atoms with Gasteiger partial charge in [-0.15, -0.1) is 11.8 Å². The van der Waals surface area contributed by atoms with Crippen LogP contribution in [0.4, 0.5) is 0 Å². The molecule has 3 aromatic rings. The fourth-order valence-electron chi connectivity index (χ4n) is 2.19. The van der Waals surface area contributed by atoms with E-state index < -0.39 is 0 Å². The number of aromatic amines is 1. The third-order valence-corrected chi connectivity index (χ3v) is 4.30. The minimum Gasteiger partial charge on any atom is -0.282 e. The number of nitrogens with one attached hydrogen (secondary N) is 1. The van der Waals surface area contributed by atoms with Crippen LogP contribution in [-0.4, -0.2) is 10.2 Å². The van der Waals surface area contributed by atoms with Crippen LogP contribution in [0.15, 0.2) is 47.4 Å². The third-order valence-electron chi connectivity index (χ3n) is 3.20. The number of hydrogen-bond donors (Lipinski definition) is 1. The van der Waals surface area contributed by atoms with E-state index in [-0.39, 0.29) is 1.43 Å². The zero-order valence-corrected chi connectivity index (χ0v) is 13.9. The molecule has 2 nitrogen and oxygen atoms in total. The second-order valence-corrected chi connectivity index (χ2v) is 5.80. The van der Waals surface area contributed by atoms with Crippen molar-refractivity contribution < 1.29 is 1.43 Å². The molecular formula is C18H24N2S. The summed E-state index contributed by atoms with van der Waals surface area (Å²) in [6.07, 6.45) is 0. The Bertz CT molecular complexity index is 708. The Labute approximate surface area is 132 Å². The summed E-state index contributed by atoms with van der Waals surface area (Å²) in [5.41, 5.74) is 4.85. The molecule has 0 spiro atoms. The van der Waals surface area contributed by atoms with Crippen LogP contribution in [0.25, 0.3) is 10.9 Å². The molecule has 3 rings (SSSR count). The van der Waals surface area contributed by atoms with Crippen molar-refractivity contribution in [3.63, 3.8) is 0 Å². The summed E-state index contributed by atoms with van der Waals surface area (Å²) in [7, 11) is 0. The summed E-state index contributed by atoms with van der Waals surface area (Å²) in [4.78, 5) is 1.25. The Morgan fingerprint density at radius 3 is 2.52 bits per heavy atom. The molecule has 2 aromatic carbocycles. The fourth-order valence-corrected chi connectivity index (χ4v) is 3.27. The van der Waals surface area contributed by atoms with Crippen LogP contribution in [0.2, 0.25) is 0 Å². The first-order valence-electron chi connectivity index (χ1n) is 7.36. The lowest BCUT2D eigenvalue weighted by Gasteiger charge is -2.05. The summed E-state index contributed by atoms with van der Waals surface area (Å²) >= 11 is 1.85. The first kappa shape index (κ1) is 15.6. The molecule has 1 heterocycles. The van der Waals surface area contributed by atoms with Crippen LogP contribution >= 0.6 is 11.8 Å². The van der Waals surface area contributed by atoms with Gasteiger partial charge in [-0.05, 0) is 37.1 Å². The summed E-state index contributed by atoms with van der Waals surface area (Å²) < 4.78 is 0. The van der Waals surface area contributed by atoms with Gasteiger partial charge >= 0.3 is 0 Å². The molecule has 112 valence electrons. The highest BCUT2D eigenvalue weighted by Crippen LogP contribution is 2.31. The lowest BCUT2D eigenvalue weighted by Crippen LogP contribution is -1.83. The Morgan fingerprint density at radius 1 is 1.10 bits per heavy atom. The molecule has 1 N–H and O–H groups in total. The molecule has 0 aliphatic heterocycles. The maximum absolute atomic E-state index is 4.43. The van der Waals surface area contributed by atoms with Crippen LogP contribution in [0, 0.1) is 13.8 Å². The van der Waals surface area contributed by atoms with E-state index in [0.29, 0.717) is 0 Å². The number of benzene rings is 2. The van der Waals surface area contributed by atoms with Gasteiger partial charge in [-0.1, -0.05) is 44.2 Å². The molecular weight excluding hydrogens is 276 g/mol. The molecule has 0 fully saturated rings. The van der Waals surface area contributed by atoms with Crippen molar-refractivity contribution in [1.29, 1.82) is 0 Å². The molecule has 0 aliphatic rings. The van der Waals surface area contributed by atoms with Gasteiger partial charge in [0, 0.05) is 23.2 Å². The van der Waals surface area contributed by atoms with Crippen molar-refractivity contribution in [2.75, 3.05) is 0 Å². The number of aromatic nitrogens is 2. The number of hydrogen-bond acceptors (Lipinski definition) is 2. The second-order valence-electron chi connectivity index (χ2n) is 4.78. The van der Waals surface area contributed by atoms with Gasteiger partial charge in [-0.3, -0.25) is 5.10 Å².